The Morgan fingerprint density at radius 3 is 2.35 bits per heavy atom. The van der Waals surface area contributed by atoms with Crippen LogP contribution in [0.4, 0.5) is 4.39 Å². The van der Waals surface area contributed by atoms with Gasteiger partial charge < -0.3 is 5.32 Å². The lowest BCUT2D eigenvalue weighted by Crippen LogP contribution is -2.40. The lowest BCUT2D eigenvalue weighted by Gasteiger charge is -2.19. The molecule has 3 amide bonds. The first-order valence-electron chi connectivity index (χ1n) is 7.93. The SMILES string of the molecule is O=C(CN1C(=O)[C@H]2CCCC[C@@H]2C1=O)NCc1ccccc1F. The van der Waals surface area contributed by atoms with E-state index in [0.717, 1.165) is 30.6 Å². The summed E-state index contributed by atoms with van der Waals surface area (Å²) in [5, 5.41) is 2.56. The smallest absolute Gasteiger partial charge is 0.240 e. The summed E-state index contributed by atoms with van der Waals surface area (Å²) in [5.41, 5.74) is 0.369. The molecule has 2 atom stereocenters. The van der Waals surface area contributed by atoms with Crippen LogP contribution in [0.15, 0.2) is 24.3 Å². The number of rotatable bonds is 4. The lowest BCUT2D eigenvalue weighted by molar-refractivity contribution is -0.143. The first-order chi connectivity index (χ1) is 11.1. The lowest BCUT2D eigenvalue weighted by atomic mass is 9.81. The zero-order chi connectivity index (χ0) is 16.4. The fourth-order valence-corrected chi connectivity index (χ4v) is 3.42. The second-order valence-electron chi connectivity index (χ2n) is 6.13. The molecule has 1 aromatic carbocycles. The van der Waals surface area contributed by atoms with E-state index in [4.69, 9.17) is 0 Å². The summed E-state index contributed by atoms with van der Waals surface area (Å²) in [7, 11) is 0. The molecule has 1 saturated carbocycles. The molecule has 0 unspecified atom stereocenters. The number of likely N-dealkylation sites (tertiary alicyclic amines) is 1. The van der Waals surface area contributed by atoms with Crippen molar-refractivity contribution in [2.45, 2.75) is 32.2 Å². The number of hydrogen-bond acceptors (Lipinski definition) is 3. The predicted molar refractivity (Wildman–Crippen MR) is 80.4 cm³/mol. The maximum atomic E-state index is 13.5. The molecule has 2 aliphatic rings. The molecule has 3 rings (SSSR count). The van der Waals surface area contributed by atoms with Crippen LogP contribution >= 0.6 is 0 Å². The number of nitrogens with one attached hydrogen (secondary N) is 1. The van der Waals surface area contributed by atoms with Gasteiger partial charge in [0.2, 0.25) is 17.7 Å². The van der Waals surface area contributed by atoms with Gasteiger partial charge in [0.1, 0.15) is 12.4 Å². The van der Waals surface area contributed by atoms with Gasteiger partial charge in [-0.05, 0) is 18.9 Å². The number of carbonyl (C=O) groups excluding carboxylic acids is 3. The average Bonchev–Trinajstić information content (AvgIpc) is 2.80. The highest BCUT2D eigenvalue weighted by Gasteiger charge is 2.48. The van der Waals surface area contributed by atoms with Crippen molar-refractivity contribution in [3.63, 3.8) is 0 Å². The Balaban J connectivity index is 1.58. The molecule has 1 saturated heterocycles. The summed E-state index contributed by atoms with van der Waals surface area (Å²) >= 11 is 0. The van der Waals surface area contributed by atoms with Gasteiger partial charge in [-0.3, -0.25) is 19.3 Å². The Labute approximate surface area is 133 Å². The fourth-order valence-electron chi connectivity index (χ4n) is 3.42. The minimum atomic E-state index is -0.450. The van der Waals surface area contributed by atoms with Crippen LogP contribution in [0, 0.1) is 17.7 Å². The fraction of sp³-hybridized carbons (Fsp3) is 0.471. The molecule has 5 nitrogen and oxygen atoms in total. The molecule has 0 radical (unpaired) electrons. The molecule has 0 aromatic heterocycles. The van der Waals surface area contributed by atoms with Crippen LogP contribution in [0.5, 0.6) is 0 Å². The number of hydrogen-bond donors (Lipinski definition) is 1. The molecule has 1 N–H and O–H groups in total. The van der Waals surface area contributed by atoms with Gasteiger partial charge in [0.25, 0.3) is 0 Å². The van der Waals surface area contributed by atoms with Crippen molar-refractivity contribution >= 4 is 17.7 Å². The number of imide groups is 1. The first kappa shape index (κ1) is 15.6. The largest absolute Gasteiger partial charge is 0.350 e. The summed E-state index contributed by atoms with van der Waals surface area (Å²) in [4.78, 5) is 37.6. The number of benzene rings is 1. The first-order valence-corrected chi connectivity index (χ1v) is 7.93. The second-order valence-corrected chi connectivity index (χ2v) is 6.13. The maximum absolute atomic E-state index is 13.5. The van der Waals surface area contributed by atoms with Crippen LogP contribution in [0.3, 0.4) is 0 Å². The monoisotopic (exact) mass is 318 g/mol. The zero-order valence-corrected chi connectivity index (χ0v) is 12.8. The van der Waals surface area contributed by atoms with Gasteiger partial charge in [0, 0.05) is 12.1 Å². The van der Waals surface area contributed by atoms with E-state index in [-0.39, 0.29) is 36.7 Å². The number of carbonyl (C=O) groups is 3. The van der Waals surface area contributed by atoms with E-state index in [1.54, 1.807) is 18.2 Å². The van der Waals surface area contributed by atoms with Crippen LogP contribution in [0.2, 0.25) is 0 Å². The molecule has 23 heavy (non-hydrogen) atoms. The number of halogens is 1. The van der Waals surface area contributed by atoms with Crippen LogP contribution < -0.4 is 5.32 Å². The Morgan fingerprint density at radius 1 is 1.13 bits per heavy atom. The van der Waals surface area contributed by atoms with Crippen molar-refractivity contribution in [3.05, 3.63) is 35.6 Å². The van der Waals surface area contributed by atoms with Crippen LogP contribution in [-0.4, -0.2) is 29.2 Å². The van der Waals surface area contributed by atoms with Crippen molar-refractivity contribution < 1.29 is 18.8 Å². The molecule has 0 spiro atoms. The molecule has 1 aromatic rings. The quantitative estimate of drug-likeness (QED) is 0.858. The third-order valence-corrected chi connectivity index (χ3v) is 4.67. The molecule has 122 valence electrons. The Morgan fingerprint density at radius 2 is 1.74 bits per heavy atom. The van der Waals surface area contributed by atoms with Crippen molar-refractivity contribution in [1.82, 2.24) is 10.2 Å². The molecule has 0 bridgehead atoms. The standard InChI is InChI=1S/C17H19FN2O3/c18-14-8-4-1-5-11(14)9-19-15(21)10-20-16(22)12-6-2-3-7-13(12)17(20)23/h1,4-5,8,12-13H,2-3,6-7,9-10H2,(H,19,21)/t12-,13-/m0/s1. The molecule has 1 aliphatic carbocycles. The highest BCUT2D eigenvalue weighted by Crippen LogP contribution is 2.37. The van der Waals surface area contributed by atoms with Gasteiger partial charge in [-0.25, -0.2) is 4.39 Å². The van der Waals surface area contributed by atoms with Gasteiger partial charge in [-0.1, -0.05) is 31.0 Å². The van der Waals surface area contributed by atoms with Crippen molar-refractivity contribution in [2.75, 3.05) is 6.54 Å². The summed E-state index contributed by atoms with van der Waals surface area (Å²) < 4.78 is 13.5. The second kappa shape index (κ2) is 6.48. The van der Waals surface area contributed by atoms with E-state index in [0.29, 0.717) is 5.56 Å². The van der Waals surface area contributed by atoms with Crippen molar-refractivity contribution in [1.29, 1.82) is 0 Å². The Kier molecular flexibility index (Phi) is 4.41. The van der Waals surface area contributed by atoms with Gasteiger partial charge in [-0.15, -0.1) is 0 Å². The van der Waals surface area contributed by atoms with Crippen molar-refractivity contribution in [2.24, 2.45) is 11.8 Å². The van der Waals surface area contributed by atoms with Crippen LogP contribution in [0.1, 0.15) is 31.2 Å². The Bertz CT molecular complexity index is 622. The molecule has 1 aliphatic heterocycles. The molecular weight excluding hydrogens is 299 g/mol. The molecule has 1 heterocycles. The van der Waals surface area contributed by atoms with E-state index >= 15 is 0 Å². The van der Waals surface area contributed by atoms with Crippen LogP contribution in [0.25, 0.3) is 0 Å². The summed E-state index contributed by atoms with van der Waals surface area (Å²) in [6, 6.07) is 6.16. The van der Waals surface area contributed by atoms with Crippen LogP contribution in [-0.2, 0) is 20.9 Å². The topological polar surface area (TPSA) is 66.5 Å². The average molecular weight is 318 g/mol. The minimum Gasteiger partial charge on any atom is -0.350 e. The van der Waals surface area contributed by atoms with Gasteiger partial charge in [0.15, 0.2) is 0 Å². The third-order valence-electron chi connectivity index (χ3n) is 4.67. The summed E-state index contributed by atoms with van der Waals surface area (Å²) in [6.45, 7) is -0.242. The predicted octanol–water partition coefficient (Wildman–Crippen LogP) is 1.62. The summed E-state index contributed by atoms with van der Waals surface area (Å²) in [5.74, 6) is -1.83. The minimum absolute atomic E-state index is 0.0363. The molecule has 6 heteroatoms. The maximum Gasteiger partial charge on any atom is 0.240 e. The van der Waals surface area contributed by atoms with Crippen molar-refractivity contribution in [3.8, 4) is 0 Å². The summed E-state index contributed by atoms with van der Waals surface area (Å²) in [6.07, 6.45) is 3.35. The van der Waals surface area contributed by atoms with Gasteiger partial charge >= 0.3 is 0 Å². The van der Waals surface area contributed by atoms with E-state index < -0.39 is 11.7 Å². The van der Waals surface area contributed by atoms with E-state index in [2.05, 4.69) is 5.32 Å². The number of fused-ring (bicyclic) bond motifs is 1. The number of amides is 3. The molecular formula is C17H19FN2O3. The van der Waals surface area contributed by atoms with E-state index in [1.807, 2.05) is 0 Å². The highest BCUT2D eigenvalue weighted by molar-refractivity contribution is 6.07. The highest BCUT2D eigenvalue weighted by atomic mass is 19.1. The van der Waals surface area contributed by atoms with E-state index in [9.17, 15) is 18.8 Å². The van der Waals surface area contributed by atoms with Gasteiger partial charge in [-0.2, -0.15) is 0 Å². The third kappa shape index (κ3) is 3.11. The molecule has 2 fully saturated rings. The zero-order valence-electron chi connectivity index (χ0n) is 12.8. The van der Waals surface area contributed by atoms with Gasteiger partial charge in [0.05, 0.1) is 11.8 Å². The Hall–Kier alpha value is -2.24. The number of nitrogens with zero attached hydrogens (tertiary/aromatic N) is 1. The van der Waals surface area contributed by atoms with E-state index in [1.165, 1.54) is 6.07 Å². The normalized spacial score (nSPS) is 23.8.